The first-order chi connectivity index (χ1) is 11.1. The summed E-state index contributed by atoms with van der Waals surface area (Å²) in [5.74, 6) is -0.424. The molecule has 0 aromatic carbocycles. The van der Waals surface area contributed by atoms with Gasteiger partial charge in [-0.25, -0.2) is 0 Å². The van der Waals surface area contributed by atoms with Gasteiger partial charge >= 0.3 is 0 Å². The van der Waals surface area contributed by atoms with Crippen molar-refractivity contribution in [1.82, 2.24) is 0 Å². The quantitative estimate of drug-likeness (QED) is 0.593. The van der Waals surface area contributed by atoms with E-state index in [0.29, 0.717) is 18.4 Å². The number of carbonyl (C=O) groups excluding carboxylic acids is 1. The SMILES string of the molecule is C=C1[C@@H]2CC(=O)[C@H]3[C@]4(C)CCCC(C)(C)[C@H]4[C@@H](O)[C@@H](O)[C@]3(C2)[C@@H]1O. The standard InChI is InChI=1S/C20H30O4/c1-10-11-8-12(21)14-19(4)7-5-6-18(2,3)15(19)13(22)17(24)20(14,9-11)16(10)23/h11,13-17,22-24H,1,5-9H2,2-4H3/t11-,13-,14+,15-,16-,17-,19+,20+/m1/s1. The third-order valence-corrected chi connectivity index (χ3v) is 8.26. The Morgan fingerprint density at radius 3 is 2.46 bits per heavy atom. The lowest BCUT2D eigenvalue weighted by Crippen LogP contribution is -2.71. The van der Waals surface area contributed by atoms with Gasteiger partial charge in [-0.05, 0) is 47.5 Å². The van der Waals surface area contributed by atoms with Crippen LogP contribution in [-0.4, -0.2) is 39.4 Å². The van der Waals surface area contributed by atoms with Crippen LogP contribution in [0.5, 0.6) is 0 Å². The van der Waals surface area contributed by atoms with Crippen molar-refractivity contribution in [2.45, 2.75) is 71.2 Å². The maximum absolute atomic E-state index is 13.2. The van der Waals surface area contributed by atoms with Crippen molar-refractivity contribution in [3.05, 3.63) is 12.2 Å². The summed E-state index contributed by atoms with van der Waals surface area (Å²) in [5, 5.41) is 33.2. The Bertz CT molecular complexity index is 611. The average Bonchev–Trinajstić information content (AvgIpc) is 2.66. The van der Waals surface area contributed by atoms with Crippen molar-refractivity contribution in [3.63, 3.8) is 0 Å². The molecule has 2 bridgehead atoms. The van der Waals surface area contributed by atoms with E-state index in [-0.39, 0.29) is 28.4 Å². The minimum atomic E-state index is -1.07. The molecular weight excluding hydrogens is 304 g/mol. The van der Waals surface area contributed by atoms with Crippen molar-refractivity contribution in [1.29, 1.82) is 0 Å². The largest absolute Gasteiger partial charge is 0.390 e. The van der Waals surface area contributed by atoms with Crippen LogP contribution in [0.3, 0.4) is 0 Å². The zero-order valence-corrected chi connectivity index (χ0v) is 15.0. The summed E-state index contributed by atoms with van der Waals surface area (Å²) in [4.78, 5) is 13.2. The number of aliphatic hydroxyl groups is 3. The Kier molecular flexibility index (Phi) is 3.29. The van der Waals surface area contributed by atoms with Gasteiger partial charge in [0.2, 0.25) is 0 Å². The molecule has 0 heterocycles. The van der Waals surface area contributed by atoms with Crippen LogP contribution in [0.25, 0.3) is 0 Å². The Labute approximate surface area is 144 Å². The third kappa shape index (κ3) is 1.68. The topological polar surface area (TPSA) is 77.8 Å². The van der Waals surface area contributed by atoms with E-state index >= 15 is 0 Å². The molecule has 4 aliphatic carbocycles. The molecule has 0 radical (unpaired) electrons. The van der Waals surface area contributed by atoms with Crippen LogP contribution >= 0.6 is 0 Å². The summed E-state index contributed by atoms with van der Waals surface area (Å²) in [5.41, 5.74) is -0.787. The second-order valence-corrected chi connectivity index (χ2v) is 9.86. The summed E-state index contributed by atoms with van der Waals surface area (Å²) < 4.78 is 0. The van der Waals surface area contributed by atoms with Crippen molar-refractivity contribution < 1.29 is 20.1 Å². The van der Waals surface area contributed by atoms with Gasteiger partial charge in [0.15, 0.2) is 0 Å². The fourth-order valence-corrected chi connectivity index (χ4v) is 7.62. The lowest BCUT2D eigenvalue weighted by Gasteiger charge is -2.66. The van der Waals surface area contributed by atoms with Crippen LogP contribution in [0.1, 0.15) is 52.9 Å². The Hall–Kier alpha value is -0.710. The molecule has 4 saturated carbocycles. The molecule has 1 spiro atoms. The molecule has 0 aromatic rings. The zero-order chi connectivity index (χ0) is 17.7. The molecule has 4 nitrogen and oxygen atoms in total. The fourth-order valence-electron chi connectivity index (χ4n) is 7.62. The van der Waals surface area contributed by atoms with Gasteiger partial charge in [-0.15, -0.1) is 0 Å². The molecular formula is C20H30O4. The Balaban J connectivity index is 1.93. The fraction of sp³-hybridized carbons (Fsp3) is 0.850. The van der Waals surface area contributed by atoms with Gasteiger partial charge in [0.1, 0.15) is 5.78 Å². The van der Waals surface area contributed by atoms with E-state index in [0.717, 1.165) is 19.3 Å². The Morgan fingerprint density at radius 2 is 1.79 bits per heavy atom. The number of hydrogen-bond donors (Lipinski definition) is 3. The highest BCUT2D eigenvalue weighted by Crippen LogP contribution is 2.71. The second-order valence-electron chi connectivity index (χ2n) is 9.86. The number of rotatable bonds is 0. The van der Waals surface area contributed by atoms with E-state index in [2.05, 4.69) is 27.4 Å². The van der Waals surface area contributed by atoms with E-state index in [1.807, 2.05) is 0 Å². The molecule has 4 aliphatic rings. The number of ketones is 1. The molecule has 134 valence electrons. The second kappa shape index (κ2) is 4.72. The summed E-state index contributed by atoms with van der Waals surface area (Å²) in [6.45, 7) is 10.4. The number of aliphatic hydroxyl groups excluding tert-OH is 3. The molecule has 0 aliphatic heterocycles. The van der Waals surface area contributed by atoms with Crippen LogP contribution in [0, 0.1) is 34.0 Å². The first-order valence-corrected chi connectivity index (χ1v) is 9.33. The van der Waals surface area contributed by atoms with Crippen LogP contribution in [0.2, 0.25) is 0 Å². The predicted octanol–water partition coefficient (Wildman–Crippen LogP) is 2.07. The minimum Gasteiger partial charge on any atom is -0.390 e. The predicted molar refractivity (Wildman–Crippen MR) is 90.0 cm³/mol. The molecule has 4 fully saturated rings. The molecule has 0 aromatic heterocycles. The highest BCUT2D eigenvalue weighted by Gasteiger charge is 2.74. The van der Waals surface area contributed by atoms with Crippen LogP contribution in [-0.2, 0) is 4.79 Å². The third-order valence-electron chi connectivity index (χ3n) is 8.26. The highest BCUT2D eigenvalue weighted by atomic mass is 16.3. The summed E-state index contributed by atoms with van der Waals surface area (Å²) in [7, 11) is 0. The number of Topliss-reactive ketones (excluding diaryl/α,β-unsaturated/α-hetero) is 1. The van der Waals surface area contributed by atoms with Crippen molar-refractivity contribution in [3.8, 4) is 0 Å². The monoisotopic (exact) mass is 334 g/mol. The maximum atomic E-state index is 13.2. The van der Waals surface area contributed by atoms with Crippen LogP contribution in [0.15, 0.2) is 12.2 Å². The summed E-state index contributed by atoms with van der Waals surface area (Å²) >= 11 is 0. The van der Waals surface area contributed by atoms with Crippen molar-refractivity contribution in [2.24, 2.45) is 34.0 Å². The van der Waals surface area contributed by atoms with Crippen LogP contribution < -0.4 is 0 Å². The maximum Gasteiger partial charge on any atom is 0.137 e. The minimum absolute atomic E-state index is 0.0534. The van der Waals surface area contributed by atoms with E-state index in [4.69, 9.17) is 0 Å². The molecule has 4 rings (SSSR count). The molecule has 0 unspecified atom stereocenters. The van der Waals surface area contributed by atoms with E-state index in [1.54, 1.807) is 0 Å². The van der Waals surface area contributed by atoms with Gasteiger partial charge in [0.05, 0.1) is 18.3 Å². The van der Waals surface area contributed by atoms with E-state index in [1.165, 1.54) is 0 Å². The lowest BCUT2D eigenvalue weighted by molar-refractivity contribution is -0.258. The van der Waals surface area contributed by atoms with Gasteiger partial charge in [-0.1, -0.05) is 33.8 Å². The number of carbonyl (C=O) groups is 1. The summed E-state index contributed by atoms with van der Waals surface area (Å²) in [6, 6.07) is 0. The first-order valence-electron chi connectivity index (χ1n) is 9.33. The summed E-state index contributed by atoms with van der Waals surface area (Å²) in [6.07, 6.45) is 0.996. The van der Waals surface area contributed by atoms with Crippen molar-refractivity contribution >= 4 is 5.78 Å². The zero-order valence-electron chi connectivity index (χ0n) is 15.0. The highest BCUT2D eigenvalue weighted by molar-refractivity contribution is 5.86. The molecule has 0 amide bonds. The molecule has 0 saturated heterocycles. The van der Waals surface area contributed by atoms with Gasteiger partial charge < -0.3 is 15.3 Å². The van der Waals surface area contributed by atoms with Gasteiger partial charge in [0, 0.05) is 17.8 Å². The number of hydrogen-bond acceptors (Lipinski definition) is 4. The Morgan fingerprint density at radius 1 is 1.12 bits per heavy atom. The van der Waals surface area contributed by atoms with Crippen LogP contribution in [0.4, 0.5) is 0 Å². The molecule has 4 heteroatoms. The normalized spacial score (nSPS) is 55.9. The van der Waals surface area contributed by atoms with Crippen molar-refractivity contribution in [2.75, 3.05) is 0 Å². The molecule has 3 N–H and O–H groups in total. The van der Waals surface area contributed by atoms with E-state index in [9.17, 15) is 20.1 Å². The smallest absolute Gasteiger partial charge is 0.137 e. The van der Waals surface area contributed by atoms with Gasteiger partial charge in [-0.2, -0.15) is 0 Å². The van der Waals surface area contributed by atoms with Gasteiger partial charge in [-0.3, -0.25) is 4.79 Å². The van der Waals surface area contributed by atoms with Gasteiger partial charge in [0.25, 0.3) is 0 Å². The first kappa shape index (κ1) is 16.7. The lowest BCUT2D eigenvalue weighted by atomic mass is 9.39. The molecule has 8 atom stereocenters. The van der Waals surface area contributed by atoms with E-state index < -0.39 is 29.6 Å². The number of fused-ring (bicyclic) bond motifs is 3. The average molecular weight is 334 g/mol. The molecule has 24 heavy (non-hydrogen) atoms.